The Morgan fingerprint density at radius 2 is 1.93 bits per heavy atom. The lowest BCUT2D eigenvalue weighted by atomic mass is 9.60. The zero-order valence-corrected chi connectivity index (χ0v) is 33.6. The van der Waals surface area contributed by atoms with Gasteiger partial charge in [0.05, 0.1) is 47.5 Å². The number of aromatic amines is 1. The maximum atomic E-state index is 13.9. The molecule has 15 nitrogen and oxygen atoms in total. The summed E-state index contributed by atoms with van der Waals surface area (Å²) in [4.78, 5) is 37.2. The van der Waals surface area contributed by atoms with Crippen molar-refractivity contribution in [3.05, 3.63) is 112 Å². The summed E-state index contributed by atoms with van der Waals surface area (Å²) in [5.41, 5.74) is 4.27. The number of nitrogens with one attached hydrogen (secondary N) is 3. The minimum atomic E-state index is -4.56. The Labute approximate surface area is 342 Å². The van der Waals surface area contributed by atoms with Crippen LogP contribution < -0.4 is 19.7 Å². The molecule has 1 aliphatic carbocycles. The van der Waals surface area contributed by atoms with Gasteiger partial charge in [0, 0.05) is 66.5 Å². The van der Waals surface area contributed by atoms with Crippen LogP contribution in [0.3, 0.4) is 0 Å². The standard InChI is InChI=1S/C43H47N7O8S/c1-2-28-6-3-4-7-35(28)38-8-5-15-49(38)31-21-43(22-31)26-48(27-43)30-9-11-36(40(19-30)58-32-18-29-13-14-44-41(29)46-23-32)42(51)47-59(54,55)34-10-12-37(39(20-34)50(52)53)45-24-33-25-56-16-17-57-33/h3-4,6-7,9-14,18-20,23,31,33,38,45H,2,5,8,15-17,21-22,24-27H2,1H3,(H,44,46)(H,47,51)/t33-,38-/m0/s1. The molecule has 5 aromatic rings. The average Bonchev–Trinajstić information content (AvgIpc) is 3.89. The Balaban J connectivity index is 0.913. The topological polar surface area (TPSA) is 181 Å². The first-order valence-corrected chi connectivity index (χ1v) is 21.7. The number of sulfonamides is 1. The van der Waals surface area contributed by atoms with Gasteiger partial charge in [0.1, 0.15) is 22.8 Å². The summed E-state index contributed by atoms with van der Waals surface area (Å²) in [6.45, 7) is 6.54. The van der Waals surface area contributed by atoms with Crippen LogP contribution in [0.15, 0.2) is 90.1 Å². The summed E-state index contributed by atoms with van der Waals surface area (Å²) in [6.07, 6.45) is 8.69. The molecule has 0 unspecified atom stereocenters. The molecule has 3 aromatic carbocycles. The van der Waals surface area contributed by atoms with Gasteiger partial charge in [0.25, 0.3) is 21.6 Å². The number of carbonyl (C=O) groups is 1. The van der Waals surface area contributed by atoms with Crippen LogP contribution in [0.2, 0.25) is 0 Å². The third-order valence-corrected chi connectivity index (χ3v) is 13.6. The molecule has 0 bridgehead atoms. The van der Waals surface area contributed by atoms with E-state index in [4.69, 9.17) is 14.2 Å². The highest BCUT2D eigenvalue weighted by atomic mass is 32.2. The number of aryl methyl sites for hydroxylation is 1. The van der Waals surface area contributed by atoms with Crippen molar-refractivity contribution in [3.8, 4) is 11.5 Å². The van der Waals surface area contributed by atoms with Crippen molar-refractivity contribution in [1.82, 2.24) is 19.6 Å². The molecule has 3 aliphatic heterocycles. The van der Waals surface area contributed by atoms with Crippen molar-refractivity contribution in [2.24, 2.45) is 5.41 Å². The number of nitro groups is 1. The summed E-state index contributed by atoms with van der Waals surface area (Å²) in [6, 6.07) is 22.1. The number of anilines is 2. The number of fused-ring (bicyclic) bond motifs is 1. The minimum Gasteiger partial charge on any atom is -0.455 e. The van der Waals surface area contributed by atoms with Gasteiger partial charge in [-0.2, -0.15) is 0 Å². The fourth-order valence-corrected chi connectivity index (χ4v) is 10.3. The van der Waals surface area contributed by atoms with Gasteiger partial charge in [0.15, 0.2) is 0 Å². The smallest absolute Gasteiger partial charge is 0.293 e. The van der Waals surface area contributed by atoms with Crippen LogP contribution in [0, 0.1) is 15.5 Å². The molecular weight excluding hydrogens is 775 g/mol. The Hall–Kier alpha value is -5.55. The van der Waals surface area contributed by atoms with Crippen LogP contribution in [0.4, 0.5) is 17.1 Å². The van der Waals surface area contributed by atoms with Crippen molar-refractivity contribution in [2.75, 3.05) is 56.2 Å². The molecule has 1 saturated carbocycles. The second-order valence-corrected chi connectivity index (χ2v) is 17.7. The van der Waals surface area contributed by atoms with E-state index in [-0.39, 0.29) is 35.1 Å². The second kappa shape index (κ2) is 15.9. The first kappa shape index (κ1) is 38.9. The Kier molecular flexibility index (Phi) is 10.5. The number of aromatic nitrogens is 2. The van der Waals surface area contributed by atoms with E-state index >= 15 is 0 Å². The summed E-state index contributed by atoms with van der Waals surface area (Å²) < 4.78 is 46.6. The molecule has 59 heavy (non-hydrogen) atoms. The first-order valence-electron chi connectivity index (χ1n) is 20.2. The number of nitrogens with zero attached hydrogens (tertiary/aromatic N) is 4. The number of benzene rings is 3. The Bertz CT molecular complexity index is 2490. The number of H-pyrrole nitrogens is 1. The van der Waals surface area contributed by atoms with Crippen molar-refractivity contribution >= 4 is 44.0 Å². The third-order valence-electron chi connectivity index (χ3n) is 12.2. The monoisotopic (exact) mass is 821 g/mol. The van der Waals surface area contributed by atoms with E-state index in [1.165, 1.54) is 42.3 Å². The molecule has 1 amide bonds. The number of hydrogen-bond acceptors (Lipinski definition) is 12. The fraction of sp³-hybridized carbons (Fsp3) is 0.395. The molecule has 5 heterocycles. The van der Waals surface area contributed by atoms with E-state index in [0.29, 0.717) is 43.3 Å². The number of ether oxygens (including phenoxy) is 3. The number of amides is 1. The van der Waals surface area contributed by atoms with Gasteiger partial charge in [-0.15, -0.1) is 0 Å². The Morgan fingerprint density at radius 3 is 2.73 bits per heavy atom. The maximum Gasteiger partial charge on any atom is 0.293 e. The zero-order valence-electron chi connectivity index (χ0n) is 32.8. The van der Waals surface area contributed by atoms with Crippen molar-refractivity contribution < 1.29 is 32.3 Å². The molecule has 3 saturated heterocycles. The number of likely N-dealkylation sites (tertiary alicyclic amines) is 1. The second-order valence-electron chi connectivity index (χ2n) is 16.1. The van der Waals surface area contributed by atoms with E-state index in [2.05, 4.69) is 61.0 Å². The SMILES string of the molecule is CCc1ccccc1[C@@H]1CCCN1C1CC2(C1)CN(c1ccc(C(=O)NS(=O)(=O)c3ccc(NC[C@H]4COCCO4)c([N+](=O)[O-])c3)c(Oc3cnc4[nH]ccc4c3)c1)C2. The van der Waals surface area contributed by atoms with Gasteiger partial charge in [-0.05, 0) is 86.2 Å². The quantitative estimate of drug-likeness (QED) is 0.0859. The lowest BCUT2D eigenvalue weighted by Gasteiger charge is -2.62. The van der Waals surface area contributed by atoms with E-state index in [1.807, 2.05) is 6.07 Å². The summed E-state index contributed by atoms with van der Waals surface area (Å²) in [5, 5.41) is 15.8. The van der Waals surface area contributed by atoms with Crippen LogP contribution in [-0.4, -0.2) is 92.3 Å². The van der Waals surface area contributed by atoms with Crippen LogP contribution in [-0.2, 0) is 25.9 Å². The Morgan fingerprint density at radius 1 is 1.08 bits per heavy atom. The van der Waals surface area contributed by atoms with Crippen LogP contribution >= 0.6 is 0 Å². The predicted molar refractivity (Wildman–Crippen MR) is 222 cm³/mol. The molecule has 1 spiro atoms. The van der Waals surface area contributed by atoms with Crippen LogP contribution in [0.5, 0.6) is 11.5 Å². The lowest BCUT2D eigenvalue weighted by molar-refractivity contribution is -0.384. The van der Waals surface area contributed by atoms with E-state index in [9.17, 15) is 23.3 Å². The number of pyridine rings is 1. The normalized spacial score (nSPS) is 20.6. The van der Waals surface area contributed by atoms with E-state index in [1.54, 1.807) is 30.5 Å². The van der Waals surface area contributed by atoms with Gasteiger partial charge < -0.3 is 29.4 Å². The maximum absolute atomic E-state index is 13.9. The summed E-state index contributed by atoms with van der Waals surface area (Å²) in [5.74, 6) is -0.441. The van der Waals surface area contributed by atoms with Crippen LogP contribution in [0.25, 0.3) is 11.0 Å². The molecule has 308 valence electrons. The predicted octanol–water partition coefficient (Wildman–Crippen LogP) is 6.58. The number of carbonyl (C=O) groups excluding carboxylic acids is 1. The van der Waals surface area contributed by atoms with Gasteiger partial charge in [-0.25, -0.2) is 18.1 Å². The molecule has 2 aromatic heterocycles. The molecule has 0 radical (unpaired) electrons. The molecule has 2 atom stereocenters. The first-order chi connectivity index (χ1) is 28.6. The van der Waals surface area contributed by atoms with Gasteiger partial charge in [-0.3, -0.25) is 19.8 Å². The van der Waals surface area contributed by atoms with Gasteiger partial charge in [0.2, 0.25) is 0 Å². The molecule has 4 fully saturated rings. The molecule has 16 heteroatoms. The number of nitro benzene ring substituents is 1. The van der Waals surface area contributed by atoms with Crippen molar-refractivity contribution in [2.45, 2.75) is 62.1 Å². The third kappa shape index (κ3) is 7.84. The highest BCUT2D eigenvalue weighted by molar-refractivity contribution is 7.90. The molecule has 4 aliphatic rings. The summed E-state index contributed by atoms with van der Waals surface area (Å²) in [7, 11) is -4.56. The highest BCUT2D eigenvalue weighted by Crippen LogP contribution is 2.54. The molecule has 9 rings (SSSR count). The molecular formula is C43H47N7O8S. The van der Waals surface area contributed by atoms with Gasteiger partial charge in [-0.1, -0.05) is 31.2 Å². The number of hydrogen-bond donors (Lipinski definition) is 3. The fourth-order valence-electron chi connectivity index (χ4n) is 9.30. The van der Waals surface area contributed by atoms with Crippen molar-refractivity contribution in [3.63, 3.8) is 0 Å². The van der Waals surface area contributed by atoms with E-state index < -0.39 is 31.4 Å². The van der Waals surface area contributed by atoms with Gasteiger partial charge >= 0.3 is 0 Å². The minimum absolute atomic E-state index is 0.0274. The lowest BCUT2D eigenvalue weighted by Crippen LogP contribution is -2.66. The number of rotatable bonds is 13. The largest absolute Gasteiger partial charge is 0.455 e. The highest BCUT2D eigenvalue weighted by Gasteiger charge is 2.55. The zero-order chi connectivity index (χ0) is 40.7. The van der Waals surface area contributed by atoms with Crippen LogP contribution in [0.1, 0.15) is 60.1 Å². The molecule has 3 N–H and O–H groups in total. The van der Waals surface area contributed by atoms with Crippen molar-refractivity contribution in [1.29, 1.82) is 0 Å². The average molecular weight is 822 g/mol. The summed E-state index contributed by atoms with van der Waals surface area (Å²) >= 11 is 0. The van der Waals surface area contributed by atoms with E-state index in [0.717, 1.165) is 56.0 Å².